The number of nitrogens with one attached hydrogen (secondary N) is 1. The Bertz CT molecular complexity index is 1560. The van der Waals surface area contributed by atoms with Gasteiger partial charge in [0.2, 0.25) is 21.8 Å². The Balaban J connectivity index is 1.26. The zero-order valence-corrected chi connectivity index (χ0v) is 27.6. The molecule has 2 aromatic heterocycles. The first-order chi connectivity index (χ1) is 21.5. The summed E-state index contributed by atoms with van der Waals surface area (Å²) in [6.45, 7) is 8.24. The molecule has 3 N–H and O–H groups in total. The van der Waals surface area contributed by atoms with Crippen LogP contribution in [0.25, 0.3) is 11.3 Å². The lowest BCUT2D eigenvalue weighted by Gasteiger charge is -2.35. The summed E-state index contributed by atoms with van der Waals surface area (Å²) in [6.07, 6.45) is 3.73. The standard InChI is InChI=1S/C31H39Cl2N7O4S/c1-22(41)35-19-23-4-6-39(7-5-23)21-24-14-29(25-16-26(32)18-27(33)17-25)37-31(15-24)44-28-2-3-30(36-20-28)40-10-8-38(9-11-40)12-13-45(34,42)43/h2-3,14-18,20,23H,4-13,19,21H2,1H3,(H,35,41)(H2,34,42,43). The number of hydrogen-bond acceptors (Lipinski definition) is 9. The van der Waals surface area contributed by atoms with E-state index >= 15 is 0 Å². The van der Waals surface area contributed by atoms with E-state index in [1.54, 1.807) is 19.2 Å². The number of sulfonamides is 1. The predicted molar refractivity (Wildman–Crippen MR) is 177 cm³/mol. The first-order valence-corrected chi connectivity index (χ1v) is 17.5. The lowest BCUT2D eigenvalue weighted by Crippen LogP contribution is -2.48. The SMILES string of the molecule is CC(=O)NCC1CCN(Cc2cc(Oc3ccc(N4CCN(CCS(N)(=O)=O)CC4)nc3)nc(-c3cc(Cl)cc(Cl)c3)c2)CC1. The minimum Gasteiger partial charge on any atom is -0.437 e. The van der Waals surface area contributed by atoms with E-state index in [-0.39, 0.29) is 11.7 Å². The topological polar surface area (TPSA) is 134 Å². The molecular formula is C31H39Cl2N7O4S. The smallest absolute Gasteiger partial charge is 0.220 e. The molecule has 242 valence electrons. The van der Waals surface area contributed by atoms with Gasteiger partial charge in [-0.2, -0.15) is 0 Å². The summed E-state index contributed by atoms with van der Waals surface area (Å²) in [5.74, 6) is 2.28. The van der Waals surface area contributed by atoms with E-state index in [4.69, 9.17) is 38.1 Å². The van der Waals surface area contributed by atoms with Crippen molar-refractivity contribution in [3.8, 4) is 22.9 Å². The number of pyridine rings is 2. The summed E-state index contributed by atoms with van der Waals surface area (Å²) in [5, 5.41) is 9.14. The molecule has 1 aromatic carbocycles. The fourth-order valence-corrected chi connectivity index (χ4v) is 6.68. The number of piperidine rings is 1. The largest absolute Gasteiger partial charge is 0.437 e. The Labute approximate surface area is 274 Å². The van der Waals surface area contributed by atoms with E-state index in [2.05, 4.69) is 25.0 Å². The summed E-state index contributed by atoms with van der Waals surface area (Å²) in [7, 11) is -3.47. The highest BCUT2D eigenvalue weighted by Gasteiger charge is 2.21. The molecule has 0 atom stereocenters. The quantitative estimate of drug-likeness (QED) is 0.309. The summed E-state index contributed by atoms with van der Waals surface area (Å²) in [4.78, 5) is 27.4. The molecule has 0 spiro atoms. The average Bonchev–Trinajstić information content (AvgIpc) is 2.99. The number of benzene rings is 1. The number of amides is 1. The van der Waals surface area contributed by atoms with Crippen molar-refractivity contribution < 1.29 is 17.9 Å². The van der Waals surface area contributed by atoms with E-state index in [0.717, 1.165) is 82.1 Å². The first kappa shape index (κ1) is 33.4. The van der Waals surface area contributed by atoms with Gasteiger partial charge in [0.15, 0.2) is 0 Å². The predicted octanol–water partition coefficient (Wildman–Crippen LogP) is 4.00. The number of carbonyl (C=O) groups is 1. The van der Waals surface area contributed by atoms with Crippen LogP contribution < -0.4 is 20.1 Å². The molecule has 14 heteroatoms. The number of primary sulfonamides is 1. The van der Waals surface area contributed by atoms with Crippen molar-refractivity contribution in [2.24, 2.45) is 11.1 Å². The molecule has 0 saturated carbocycles. The minimum atomic E-state index is -3.47. The zero-order valence-electron chi connectivity index (χ0n) is 25.3. The van der Waals surface area contributed by atoms with E-state index < -0.39 is 10.0 Å². The van der Waals surface area contributed by atoms with Gasteiger partial charge in [0, 0.05) is 74.4 Å². The number of piperazine rings is 1. The molecule has 0 unspecified atom stereocenters. The van der Waals surface area contributed by atoms with Gasteiger partial charge in [0.25, 0.3) is 0 Å². The van der Waals surface area contributed by atoms with Crippen LogP contribution in [-0.2, 0) is 21.4 Å². The number of rotatable bonds is 11. The molecule has 5 rings (SSSR count). The zero-order chi connectivity index (χ0) is 32.0. The lowest BCUT2D eigenvalue weighted by atomic mass is 9.96. The van der Waals surface area contributed by atoms with E-state index in [9.17, 15) is 13.2 Å². The minimum absolute atomic E-state index is 0.0123. The van der Waals surface area contributed by atoms with Gasteiger partial charge in [-0.1, -0.05) is 23.2 Å². The van der Waals surface area contributed by atoms with E-state index in [0.29, 0.717) is 39.8 Å². The number of ether oxygens (including phenoxy) is 1. The Kier molecular flexibility index (Phi) is 11.2. The number of hydrogen-bond donors (Lipinski definition) is 2. The van der Waals surface area contributed by atoms with Gasteiger partial charge in [0.1, 0.15) is 11.6 Å². The number of nitrogens with two attached hydrogens (primary N) is 1. The van der Waals surface area contributed by atoms with Crippen LogP contribution >= 0.6 is 23.2 Å². The lowest BCUT2D eigenvalue weighted by molar-refractivity contribution is -0.119. The fourth-order valence-electron chi connectivity index (χ4n) is 5.64. The fraction of sp³-hybridized carbons (Fsp3) is 0.452. The summed E-state index contributed by atoms with van der Waals surface area (Å²) < 4.78 is 28.8. The molecular weight excluding hydrogens is 637 g/mol. The molecule has 0 aliphatic carbocycles. The Morgan fingerprint density at radius 2 is 1.71 bits per heavy atom. The second-order valence-corrected chi connectivity index (χ2v) is 14.3. The van der Waals surface area contributed by atoms with Crippen molar-refractivity contribution in [3.63, 3.8) is 0 Å². The van der Waals surface area contributed by atoms with Crippen LogP contribution in [0.5, 0.6) is 11.6 Å². The maximum absolute atomic E-state index is 11.3. The van der Waals surface area contributed by atoms with Gasteiger partial charge in [0.05, 0.1) is 17.6 Å². The number of halogens is 2. The highest BCUT2D eigenvalue weighted by molar-refractivity contribution is 7.89. The highest BCUT2D eigenvalue weighted by Crippen LogP contribution is 2.31. The van der Waals surface area contributed by atoms with Gasteiger partial charge < -0.3 is 15.0 Å². The number of nitrogens with zero attached hydrogens (tertiary/aromatic N) is 5. The van der Waals surface area contributed by atoms with Crippen LogP contribution in [0.4, 0.5) is 5.82 Å². The van der Waals surface area contributed by atoms with Gasteiger partial charge in [-0.25, -0.2) is 23.5 Å². The Morgan fingerprint density at radius 3 is 2.33 bits per heavy atom. The van der Waals surface area contributed by atoms with Crippen molar-refractivity contribution in [2.75, 3.05) is 63.0 Å². The highest BCUT2D eigenvalue weighted by atomic mass is 35.5. The van der Waals surface area contributed by atoms with Crippen LogP contribution in [0.3, 0.4) is 0 Å². The van der Waals surface area contributed by atoms with E-state index in [1.807, 2.05) is 36.4 Å². The first-order valence-electron chi connectivity index (χ1n) is 15.0. The second kappa shape index (κ2) is 15.1. The third-order valence-electron chi connectivity index (χ3n) is 8.10. The average molecular weight is 677 g/mol. The molecule has 11 nitrogen and oxygen atoms in total. The van der Waals surface area contributed by atoms with Crippen molar-refractivity contribution in [1.29, 1.82) is 0 Å². The molecule has 2 fully saturated rings. The maximum Gasteiger partial charge on any atom is 0.220 e. The summed E-state index contributed by atoms with van der Waals surface area (Å²) in [5.41, 5.74) is 2.55. The molecule has 2 aliphatic rings. The Hall–Kier alpha value is -3.00. The van der Waals surface area contributed by atoms with Crippen LogP contribution in [0.2, 0.25) is 10.0 Å². The molecule has 45 heavy (non-hydrogen) atoms. The van der Waals surface area contributed by atoms with Crippen molar-refractivity contribution in [3.05, 3.63) is 64.3 Å². The van der Waals surface area contributed by atoms with Crippen molar-refractivity contribution in [1.82, 2.24) is 25.1 Å². The van der Waals surface area contributed by atoms with Crippen LogP contribution in [0.15, 0.2) is 48.7 Å². The normalized spacial score (nSPS) is 16.9. The van der Waals surface area contributed by atoms with Gasteiger partial charge in [-0.15, -0.1) is 0 Å². The van der Waals surface area contributed by atoms with Crippen molar-refractivity contribution >= 4 is 45.0 Å². The Morgan fingerprint density at radius 1 is 1.00 bits per heavy atom. The molecule has 0 radical (unpaired) electrons. The number of anilines is 1. The van der Waals surface area contributed by atoms with Crippen LogP contribution in [-0.4, -0.2) is 92.2 Å². The molecule has 1 amide bonds. The van der Waals surface area contributed by atoms with Gasteiger partial charge in [-0.3, -0.25) is 14.6 Å². The van der Waals surface area contributed by atoms with Crippen LogP contribution in [0, 0.1) is 5.92 Å². The van der Waals surface area contributed by atoms with Crippen LogP contribution in [0.1, 0.15) is 25.3 Å². The van der Waals surface area contributed by atoms with E-state index in [1.165, 1.54) is 0 Å². The monoisotopic (exact) mass is 675 g/mol. The molecule has 0 bridgehead atoms. The number of aromatic nitrogens is 2. The molecule has 2 aliphatic heterocycles. The van der Waals surface area contributed by atoms with Crippen molar-refractivity contribution in [2.45, 2.75) is 26.3 Å². The molecule has 3 aromatic rings. The number of carbonyl (C=O) groups excluding carboxylic acids is 1. The third kappa shape index (κ3) is 10.2. The third-order valence-corrected chi connectivity index (χ3v) is 9.29. The molecule has 2 saturated heterocycles. The maximum atomic E-state index is 11.3. The second-order valence-electron chi connectivity index (χ2n) is 11.7. The van der Waals surface area contributed by atoms with Gasteiger partial charge >= 0.3 is 0 Å². The van der Waals surface area contributed by atoms with Gasteiger partial charge in [-0.05, 0) is 73.8 Å². The number of likely N-dealkylation sites (tertiary alicyclic amines) is 1. The summed E-state index contributed by atoms with van der Waals surface area (Å²) >= 11 is 12.6. The molecule has 4 heterocycles. The summed E-state index contributed by atoms with van der Waals surface area (Å²) in [6, 6.07) is 13.2.